The van der Waals surface area contributed by atoms with E-state index in [9.17, 15) is 4.79 Å². The van der Waals surface area contributed by atoms with Crippen LogP contribution in [0.1, 0.15) is 46.5 Å². The molecule has 13 heavy (non-hydrogen) atoms. The number of hydrogen-bond acceptors (Lipinski definition) is 2. The molecule has 1 unspecified atom stereocenters. The molecule has 0 rings (SSSR count). The molecule has 1 atom stereocenters. The molecule has 0 radical (unpaired) electrons. The maximum Gasteiger partial charge on any atom is 0.303 e. The second-order valence-corrected chi connectivity index (χ2v) is 3.24. The van der Waals surface area contributed by atoms with Crippen LogP contribution in [0, 0.1) is 0 Å². The minimum atomic E-state index is -0.217. The fraction of sp³-hybridized carbons (Fsp3) is 0.727. The van der Waals surface area contributed by atoms with Gasteiger partial charge >= 0.3 is 5.97 Å². The Morgan fingerprint density at radius 2 is 2.15 bits per heavy atom. The van der Waals surface area contributed by atoms with Gasteiger partial charge in [0.25, 0.3) is 0 Å². The Hall–Kier alpha value is -0.790. The number of allylic oxidation sites excluding steroid dienone is 1. The van der Waals surface area contributed by atoms with Crippen LogP contribution in [0.15, 0.2) is 12.2 Å². The zero-order chi connectivity index (χ0) is 10.1. The zero-order valence-corrected chi connectivity index (χ0v) is 8.88. The normalized spacial score (nSPS) is 13.2. The Morgan fingerprint density at radius 3 is 2.69 bits per heavy atom. The van der Waals surface area contributed by atoms with E-state index < -0.39 is 0 Å². The largest absolute Gasteiger partial charge is 0.459 e. The Morgan fingerprint density at radius 1 is 1.46 bits per heavy atom. The van der Waals surface area contributed by atoms with Crippen LogP contribution in [0.5, 0.6) is 0 Å². The highest BCUT2D eigenvalue weighted by molar-refractivity contribution is 5.66. The molecular formula is C11H20O2. The fourth-order valence-electron chi connectivity index (χ4n) is 1.10. The molecule has 0 saturated heterocycles. The lowest BCUT2D eigenvalue weighted by Crippen LogP contribution is -2.08. The van der Waals surface area contributed by atoms with E-state index in [1.807, 2.05) is 13.0 Å². The van der Waals surface area contributed by atoms with Crippen molar-refractivity contribution in [3.05, 3.63) is 12.2 Å². The summed E-state index contributed by atoms with van der Waals surface area (Å²) in [5, 5.41) is 0. The van der Waals surface area contributed by atoms with Crippen molar-refractivity contribution < 1.29 is 9.53 Å². The van der Waals surface area contributed by atoms with Gasteiger partial charge in [0.15, 0.2) is 0 Å². The molecule has 0 bridgehead atoms. The Kier molecular flexibility index (Phi) is 7.36. The summed E-state index contributed by atoms with van der Waals surface area (Å²) >= 11 is 0. The Labute approximate surface area is 81.0 Å². The minimum absolute atomic E-state index is 0.0841. The summed E-state index contributed by atoms with van der Waals surface area (Å²) in [6.07, 6.45) is 8.76. The molecule has 0 aliphatic carbocycles. The Bertz CT molecular complexity index is 161. The molecule has 0 N–H and O–H groups in total. The first-order chi connectivity index (χ1) is 6.16. The second kappa shape index (κ2) is 7.84. The third-order valence-electron chi connectivity index (χ3n) is 1.73. The number of carbonyl (C=O) groups is 1. The van der Waals surface area contributed by atoms with E-state index in [4.69, 9.17) is 4.74 Å². The first-order valence-electron chi connectivity index (χ1n) is 5.00. The first-order valence-corrected chi connectivity index (χ1v) is 5.00. The quantitative estimate of drug-likeness (QED) is 0.360. The van der Waals surface area contributed by atoms with E-state index in [1.165, 1.54) is 26.2 Å². The number of carbonyl (C=O) groups excluding carboxylic acids is 1. The SMILES string of the molecule is CCCCC/C=C/C(C)OC(C)=O. The van der Waals surface area contributed by atoms with Gasteiger partial charge in [0.05, 0.1) is 0 Å². The van der Waals surface area contributed by atoms with Crippen molar-refractivity contribution in [2.24, 2.45) is 0 Å². The molecule has 0 amide bonds. The van der Waals surface area contributed by atoms with Crippen LogP contribution in [-0.4, -0.2) is 12.1 Å². The summed E-state index contributed by atoms with van der Waals surface area (Å²) in [5.41, 5.74) is 0. The molecule has 0 aliphatic rings. The van der Waals surface area contributed by atoms with Crippen LogP contribution in [0.25, 0.3) is 0 Å². The van der Waals surface area contributed by atoms with Crippen LogP contribution < -0.4 is 0 Å². The summed E-state index contributed by atoms with van der Waals surface area (Å²) in [4.78, 5) is 10.5. The highest BCUT2D eigenvalue weighted by atomic mass is 16.5. The average molecular weight is 184 g/mol. The van der Waals surface area contributed by atoms with Crippen molar-refractivity contribution in [3.63, 3.8) is 0 Å². The van der Waals surface area contributed by atoms with Crippen molar-refractivity contribution in [1.82, 2.24) is 0 Å². The van der Waals surface area contributed by atoms with E-state index in [0.29, 0.717) is 0 Å². The number of esters is 1. The number of hydrogen-bond donors (Lipinski definition) is 0. The number of rotatable bonds is 6. The van der Waals surface area contributed by atoms with E-state index >= 15 is 0 Å². The smallest absolute Gasteiger partial charge is 0.303 e. The molecule has 0 heterocycles. The van der Waals surface area contributed by atoms with E-state index in [2.05, 4.69) is 13.0 Å². The molecule has 0 aromatic rings. The third kappa shape index (κ3) is 9.12. The molecule has 2 nitrogen and oxygen atoms in total. The molecule has 0 aromatic carbocycles. The highest BCUT2D eigenvalue weighted by Crippen LogP contribution is 2.01. The lowest BCUT2D eigenvalue weighted by molar-refractivity contribution is -0.143. The fourth-order valence-corrected chi connectivity index (χ4v) is 1.10. The molecule has 0 fully saturated rings. The van der Waals surface area contributed by atoms with Crippen LogP contribution >= 0.6 is 0 Å². The maximum atomic E-state index is 10.5. The topological polar surface area (TPSA) is 26.3 Å². The summed E-state index contributed by atoms with van der Waals surface area (Å²) < 4.78 is 4.93. The molecular weight excluding hydrogens is 164 g/mol. The highest BCUT2D eigenvalue weighted by Gasteiger charge is 1.98. The van der Waals surface area contributed by atoms with Crippen LogP contribution in [0.4, 0.5) is 0 Å². The predicted octanol–water partition coefficient (Wildman–Crippen LogP) is 3.07. The van der Waals surface area contributed by atoms with Crippen molar-refractivity contribution in [3.8, 4) is 0 Å². The van der Waals surface area contributed by atoms with Crippen molar-refractivity contribution in [2.45, 2.75) is 52.6 Å². The lowest BCUT2D eigenvalue weighted by atomic mass is 10.2. The average Bonchev–Trinajstić information content (AvgIpc) is 2.02. The second-order valence-electron chi connectivity index (χ2n) is 3.24. The molecule has 0 spiro atoms. The van der Waals surface area contributed by atoms with Gasteiger partial charge in [0.1, 0.15) is 6.10 Å². The zero-order valence-electron chi connectivity index (χ0n) is 8.88. The van der Waals surface area contributed by atoms with Gasteiger partial charge in [0.2, 0.25) is 0 Å². The van der Waals surface area contributed by atoms with Crippen LogP contribution in [0.3, 0.4) is 0 Å². The lowest BCUT2D eigenvalue weighted by Gasteiger charge is -2.05. The van der Waals surface area contributed by atoms with Gasteiger partial charge < -0.3 is 4.74 Å². The van der Waals surface area contributed by atoms with Gasteiger partial charge in [-0.05, 0) is 25.8 Å². The van der Waals surface area contributed by atoms with Crippen LogP contribution in [0.2, 0.25) is 0 Å². The van der Waals surface area contributed by atoms with Gasteiger partial charge in [-0.25, -0.2) is 0 Å². The molecule has 0 aromatic heterocycles. The molecule has 2 heteroatoms. The van der Waals surface area contributed by atoms with E-state index in [1.54, 1.807) is 0 Å². The van der Waals surface area contributed by atoms with Gasteiger partial charge in [-0.3, -0.25) is 4.79 Å². The maximum absolute atomic E-state index is 10.5. The molecule has 76 valence electrons. The minimum Gasteiger partial charge on any atom is -0.459 e. The summed E-state index contributed by atoms with van der Waals surface area (Å²) in [7, 11) is 0. The van der Waals surface area contributed by atoms with Gasteiger partial charge in [0, 0.05) is 6.92 Å². The summed E-state index contributed by atoms with van der Waals surface area (Å²) in [6, 6.07) is 0. The standard InChI is InChI=1S/C11H20O2/c1-4-5-6-7-8-9-10(2)13-11(3)12/h8-10H,4-7H2,1-3H3/b9-8+. The predicted molar refractivity (Wildman–Crippen MR) is 54.5 cm³/mol. The molecule has 0 saturated carbocycles. The van der Waals surface area contributed by atoms with Crippen LogP contribution in [-0.2, 0) is 9.53 Å². The van der Waals surface area contributed by atoms with Crippen molar-refractivity contribution >= 4 is 5.97 Å². The Balaban J connectivity index is 3.41. The van der Waals surface area contributed by atoms with Crippen molar-refractivity contribution in [2.75, 3.05) is 0 Å². The van der Waals surface area contributed by atoms with E-state index in [-0.39, 0.29) is 12.1 Å². The van der Waals surface area contributed by atoms with E-state index in [0.717, 1.165) is 6.42 Å². The third-order valence-corrected chi connectivity index (χ3v) is 1.73. The van der Waals surface area contributed by atoms with Gasteiger partial charge in [-0.15, -0.1) is 0 Å². The first kappa shape index (κ1) is 12.2. The van der Waals surface area contributed by atoms with Gasteiger partial charge in [-0.2, -0.15) is 0 Å². The molecule has 0 aliphatic heterocycles. The monoisotopic (exact) mass is 184 g/mol. The number of unbranched alkanes of at least 4 members (excludes halogenated alkanes) is 3. The number of ether oxygens (including phenoxy) is 1. The summed E-state index contributed by atoms with van der Waals surface area (Å²) in [5.74, 6) is -0.217. The van der Waals surface area contributed by atoms with Crippen molar-refractivity contribution in [1.29, 1.82) is 0 Å². The van der Waals surface area contributed by atoms with Gasteiger partial charge in [-0.1, -0.05) is 25.8 Å². The summed E-state index contributed by atoms with van der Waals surface area (Å²) in [6.45, 7) is 5.49.